The molecule has 5 heteroatoms. The standard InChI is InChI=1S/C16H14ClNO3/c1-11(16(19)13-4-6-14(17)7-5-13)10-12-2-8-15(9-3-12)18(20)21/h2-10,16,19H,1H3/b11-10+. The number of nitro benzene ring substituents is 1. The maximum atomic E-state index is 10.6. The zero-order valence-electron chi connectivity index (χ0n) is 11.4. The Bertz CT molecular complexity index is 663. The molecule has 0 spiro atoms. The van der Waals surface area contributed by atoms with Crippen molar-refractivity contribution in [3.05, 3.63) is 80.4 Å². The summed E-state index contributed by atoms with van der Waals surface area (Å²) in [5.41, 5.74) is 2.33. The van der Waals surface area contributed by atoms with Gasteiger partial charge in [0.15, 0.2) is 0 Å². The third-order valence-corrected chi connectivity index (χ3v) is 3.37. The van der Waals surface area contributed by atoms with Crippen LogP contribution in [0.1, 0.15) is 24.2 Å². The van der Waals surface area contributed by atoms with Gasteiger partial charge in [0.05, 0.1) is 4.92 Å². The van der Waals surface area contributed by atoms with Gasteiger partial charge in [-0.05, 0) is 47.9 Å². The minimum atomic E-state index is -0.738. The highest BCUT2D eigenvalue weighted by atomic mass is 35.5. The lowest BCUT2D eigenvalue weighted by Crippen LogP contribution is -1.98. The normalized spacial score (nSPS) is 13.0. The number of aliphatic hydroxyl groups excluding tert-OH is 1. The van der Waals surface area contributed by atoms with Gasteiger partial charge in [-0.3, -0.25) is 10.1 Å². The average molecular weight is 304 g/mol. The lowest BCUT2D eigenvalue weighted by atomic mass is 10.0. The van der Waals surface area contributed by atoms with Crippen molar-refractivity contribution in [1.82, 2.24) is 0 Å². The molecule has 0 aliphatic heterocycles. The Kier molecular flexibility index (Phi) is 4.73. The molecular formula is C16H14ClNO3. The van der Waals surface area contributed by atoms with Crippen LogP contribution in [0.25, 0.3) is 6.08 Å². The van der Waals surface area contributed by atoms with E-state index in [1.807, 2.05) is 0 Å². The second-order valence-corrected chi connectivity index (χ2v) is 5.13. The first-order valence-corrected chi connectivity index (χ1v) is 6.71. The van der Waals surface area contributed by atoms with Crippen LogP contribution in [0, 0.1) is 10.1 Å². The first-order chi connectivity index (χ1) is 9.97. The quantitative estimate of drug-likeness (QED) is 0.673. The second kappa shape index (κ2) is 6.52. The van der Waals surface area contributed by atoms with Gasteiger partial charge in [0, 0.05) is 17.2 Å². The van der Waals surface area contributed by atoms with Gasteiger partial charge in [-0.25, -0.2) is 0 Å². The zero-order chi connectivity index (χ0) is 15.4. The molecule has 0 saturated carbocycles. The molecule has 1 unspecified atom stereocenters. The SMILES string of the molecule is C/C(=C\c1ccc([N+](=O)[O-])cc1)C(O)c1ccc(Cl)cc1. The predicted octanol–water partition coefficient (Wildman–Crippen LogP) is 4.39. The Hall–Kier alpha value is -2.17. The van der Waals surface area contributed by atoms with Crippen molar-refractivity contribution in [2.75, 3.05) is 0 Å². The second-order valence-electron chi connectivity index (χ2n) is 4.69. The van der Waals surface area contributed by atoms with E-state index in [4.69, 9.17) is 11.6 Å². The third-order valence-electron chi connectivity index (χ3n) is 3.12. The van der Waals surface area contributed by atoms with Crippen LogP contribution in [0.3, 0.4) is 0 Å². The first-order valence-electron chi connectivity index (χ1n) is 6.33. The molecule has 108 valence electrons. The van der Waals surface area contributed by atoms with Crippen molar-refractivity contribution in [2.45, 2.75) is 13.0 Å². The first kappa shape index (κ1) is 15.2. The number of benzene rings is 2. The molecule has 1 atom stereocenters. The lowest BCUT2D eigenvalue weighted by Gasteiger charge is -2.12. The van der Waals surface area contributed by atoms with E-state index in [2.05, 4.69) is 0 Å². The molecule has 0 amide bonds. The van der Waals surface area contributed by atoms with Crippen molar-refractivity contribution in [3.63, 3.8) is 0 Å². The highest BCUT2D eigenvalue weighted by Gasteiger charge is 2.10. The summed E-state index contributed by atoms with van der Waals surface area (Å²) in [5, 5.41) is 21.5. The Morgan fingerprint density at radius 1 is 1.19 bits per heavy atom. The van der Waals surface area contributed by atoms with E-state index in [0.717, 1.165) is 16.7 Å². The van der Waals surface area contributed by atoms with Gasteiger partial charge in [0.2, 0.25) is 0 Å². The molecular weight excluding hydrogens is 290 g/mol. The summed E-state index contributed by atoms with van der Waals surface area (Å²) in [4.78, 5) is 10.2. The summed E-state index contributed by atoms with van der Waals surface area (Å²) in [6.45, 7) is 1.81. The molecule has 0 aromatic heterocycles. The van der Waals surface area contributed by atoms with Crippen LogP contribution in [0.15, 0.2) is 54.1 Å². The number of aliphatic hydroxyl groups is 1. The van der Waals surface area contributed by atoms with Crippen LogP contribution in [-0.2, 0) is 0 Å². The molecule has 0 heterocycles. The van der Waals surface area contributed by atoms with E-state index < -0.39 is 11.0 Å². The molecule has 2 aromatic carbocycles. The van der Waals surface area contributed by atoms with Crippen LogP contribution in [0.4, 0.5) is 5.69 Å². The van der Waals surface area contributed by atoms with E-state index in [-0.39, 0.29) is 5.69 Å². The van der Waals surface area contributed by atoms with E-state index in [1.165, 1.54) is 12.1 Å². The number of rotatable bonds is 4. The Labute approximate surface area is 127 Å². The van der Waals surface area contributed by atoms with Crippen molar-refractivity contribution in [1.29, 1.82) is 0 Å². The monoisotopic (exact) mass is 303 g/mol. The van der Waals surface area contributed by atoms with Gasteiger partial charge >= 0.3 is 0 Å². The topological polar surface area (TPSA) is 63.4 Å². The molecule has 0 radical (unpaired) electrons. The van der Waals surface area contributed by atoms with E-state index in [1.54, 1.807) is 49.4 Å². The van der Waals surface area contributed by atoms with Gasteiger partial charge in [-0.1, -0.05) is 29.8 Å². The van der Waals surface area contributed by atoms with Gasteiger partial charge in [0.1, 0.15) is 6.10 Å². The fourth-order valence-corrected chi connectivity index (χ4v) is 2.07. The molecule has 2 aromatic rings. The highest BCUT2D eigenvalue weighted by Crippen LogP contribution is 2.25. The fourth-order valence-electron chi connectivity index (χ4n) is 1.94. The van der Waals surface area contributed by atoms with Crippen LogP contribution in [0.2, 0.25) is 5.02 Å². The molecule has 21 heavy (non-hydrogen) atoms. The Balaban J connectivity index is 2.19. The molecule has 0 aliphatic carbocycles. The summed E-state index contributed by atoms with van der Waals surface area (Å²) in [7, 11) is 0. The van der Waals surface area contributed by atoms with Gasteiger partial charge in [0.25, 0.3) is 5.69 Å². The fraction of sp³-hybridized carbons (Fsp3) is 0.125. The molecule has 2 rings (SSSR count). The largest absolute Gasteiger partial charge is 0.384 e. The summed E-state index contributed by atoms with van der Waals surface area (Å²) >= 11 is 5.81. The molecule has 0 saturated heterocycles. The smallest absolute Gasteiger partial charge is 0.269 e. The third kappa shape index (κ3) is 3.90. The number of hydrogen-bond donors (Lipinski definition) is 1. The molecule has 1 N–H and O–H groups in total. The number of hydrogen-bond acceptors (Lipinski definition) is 3. The molecule has 0 bridgehead atoms. The Morgan fingerprint density at radius 2 is 1.76 bits per heavy atom. The van der Waals surface area contributed by atoms with Crippen LogP contribution in [-0.4, -0.2) is 10.0 Å². The van der Waals surface area contributed by atoms with Crippen molar-refractivity contribution in [2.24, 2.45) is 0 Å². The number of nitro groups is 1. The van der Waals surface area contributed by atoms with E-state index in [0.29, 0.717) is 5.02 Å². The number of nitrogens with zero attached hydrogens (tertiary/aromatic N) is 1. The van der Waals surface area contributed by atoms with Gasteiger partial charge in [-0.15, -0.1) is 0 Å². The van der Waals surface area contributed by atoms with Crippen molar-refractivity contribution < 1.29 is 10.0 Å². The summed E-state index contributed by atoms with van der Waals surface area (Å²) in [6, 6.07) is 13.1. The number of halogens is 1. The molecule has 0 aliphatic rings. The number of non-ortho nitro benzene ring substituents is 1. The predicted molar refractivity (Wildman–Crippen MR) is 83.2 cm³/mol. The lowest BCUT2D eigenvalue weighted by molar-refractivity contribution is -0.384. The summed E-state index contributed by atoms with van der Waals surface area (Å²) in [6.07, 6.45) is 1.06. The van der Waals surface area contributed by atoms with E-state index >= 15 is 0 Å². The van der Waals surface area contributed by atoms with Crippen LogP contribution in [0.5, 0.6) is 0 Å². The maximum absolute atomic E-state index is 10.6. The van der Waals surface area contributed by atoms with E-state index in [9.17, 15) is 15.2 Å². The van der Waals surface area contributed by atoms with Crippen LogP contribution >= 0.6 is 11.6 Å². The Morgan fingerprint density at radius 3 is 2.29 bits per heavy atom. The summed E-state index contributed by atoms with van der Waals surface area (Å²) < 4.78 is 0. The van der Waals surface area contributed by atoms with Gasteiger partial charge in [-0.2, -0.15) is 0 Å². The minimum Gasteiger partial charge on any atom is -0.384 e. The maximum Gasteiger partial charge on any atom is 0.269 e. The van der Waals surface area contributed by atoms with Crippen molar-refractivity contribution in [3.8, 4) is 0 Å². The summed E-state index contributed by atoms with van der Waals surface area (Å²) in [5.74, 6) is 0. The van der Waals surface area contributed by atoms with Crippen LogP contribution < -0.4 is 0 Å². The van der Waals surface area contributed by atoms with Gasteiger partial charge < -0.3 is 5.11 Å². The molecule has 0 fully saturated rings. The minimum absolute atomic E-state index is 0.0445. The molecule has 4 nitrogen and oxygen atoms in total. The highest BCUT2D eigenvalue weighted by molar-refractivity contribution is 6.30. The zero-order valence-corrected chi connectivity index (χ0v) is 12.1. The van der Waals surface area contributed by atoms with Crippen molar-refractivity contribution >= 4 is 23.4 Å². The average Bonchev–Trinajstić information content (AvgIpc) is 2.47.